The Morgan fingerprint density at radius 2 is 2.06 bits per heavy atom. The molecule has 0 amide bonds. The number of nitrogens with zero attached hydrogens (tertiary/aromatic N) is 2. The second-order valence-electron chi connectivity index (χ2n) is 4.74. The van der Waals surface area contributed by atoms with E-state index in [0.29, 0.717) is 18.0 Å². The molecular formula is C13H22N4O. The first-order valence-corrected chi connectivity index (χ1v) is 6.65. The molecule has 0 atom stereocenters. The van der Waals surface area contributed by atoms with E-state index in [1.807, 2.05) is 20.8 Å². The number of nitrogens with two attached hydrogens (primary N) is 1. The summed E-state index contributed by atoms with van der Waals surface area (Å²) >= 11 is 0. The minimum Gasteiger partial charge on any atom is -0.383 e. The van der Waals surface area contributed by atoms with E-state index in [0.717, 1.165) is 43.1 Å². The molecule has 0 aliphatic heterocycles. The third-order valence-electron chi connectivity index (χ3n) is 3.38. The van der Waals surface area contributed by atoms with E-state index in [1.165, 1.54) is 0 Å². The molecule has 1 aromatic heterocycles. The largest absolute Gasteiger partial charge is 0.383 e. The summed E-state index contributed by atoms with van der Waals surface area (Å²) in [5.74, 6) is 2.24. The molecule has 1 aliphatic carbocycles. The van der Waals surface area contributed by atoms with Crippen molar-refractivity contribution in [2.24, 2.45) is 0 Å². The molecule has 0 bridgehead atoms. The highest BCUT2D eigenvalue weighted by molar-refractivity contribution is 5.55. The Hall–Kier alpha value is -1.36. The number of rotatable bonds is 5. The zero-order valence-electron chi connectivity index (χ0n) is 11.4. The Labute approximate surface area is 108 Å². The van der Waals surface area contributed by atoms with E-state index in [9.17, 15) is 0 Å². The van der Waals surface area contributed by atoms with Crippen LogP contribution in [0.3, 0.4) is 0 Å². The number of hydrogen-bond donors (Lipinski definition) is 2. The number of ether oxygens (including phenoxy) is 1. The van der Waals surface area contributed by atoms with Gasteiger partial charge in [0, 0.05) is 24.6 Å². The van der Waals surface area contributed by atoms with Gasteiger partial charge in [-0.25, -0.2) is 9.97 Å². The van der Waals surface area contributed by atoms with E-state index in [2.05, 4.69) is 15.3 Å². The predicted octanol–water partition coefficient (Wildman–Crippen LogP) is 1.91. The van der Waals surface area contributed by atoms with Crippen molar-refractivity contribution < 1.29 is 4.74 Å². The lowest BCUT2D eigenvalue weighted by Crippen LogP contribution is -2.41. The van der Waals surface area contributed by atoms with Crippen molar-refractivity contribution in [1.82, 2.24) is 9.97 Å². The average molecular weight is 250 g/mol. The van der Waals surface area contributed by atoms with Crippen LogP contribution in [0.25, 0.3) is 0 Å². The highest BCUT2D eigenvalue weighted by Gasteiger charge is 2.30. The van der Waals surface area contributed by atoms with Crippen LogP contribution in [0, 0.1) is 6.92 Å². The maximum atomic E-state index is 5.89. The Morgan fingerprint density at radius 1 is 1.33 bits per heavy atom. The first kappa shape index (κ1) is 13.1. The second-order valence-corrected chi connectivity index (χ2v) is 4.74. The number of aromatic nitrogens is 2. The van der Waals surface area contributed by atoms with Crippen LogP contribution >= 0.6 is 0 Å². The van der Waals surface area contributed by atoms with E-state index < -0.39 is 0 Å². The zero-order chi connectivity index (χ0) is 13.1. The molecule has 2 rings (SSSR count). The van der Waals surface area contributed by atoms with Crippen LogP contribution < -0.4 is 11.1 Å². The Kier molecular flexibility index (Phi) is 4.01. The summed E-state index contributed by atoms with van der Waals surface area (Å²) in [6.45, 7) is 6.80. The fourth-order valence-corrected chi connectivity index (χ4v) is 2.13. The highest BCUT2D eigenvalue weighted by Crippen LogP contribution is 2.28. The van der Waals surface area contributed by atoms with Crippen molar-refractivity contribution in [1.29, 1.82) is 0 Å². The van der Waals surface area contributed by atoms with Gasteiger partial charge >= 0.3 is 0 Å². The van der Waals surface area contributed by atoms with Gasteiger partial charge < -0.3 is 15.8 Å². The Bertz CT molecular complexity index is 416. The van der Waals surface area contributed by atoms with Crippen LogP contribution in [0.1, 0.15) is 38.1 Å². The van der Waals surface area contributed by atoms with Crippen LogP contribution in [0.15, 0.2) is 0 Å². The zero-order valence-corrected chi connectivity index (χ0v) is 11.4. The van der Waals surface area contributed by atoms with E-state index >= 15 is 0 Å². The van der Waals surface area contributed by atoms with Gasteiger partial charge in [0.2, 0.25) is 0 Å². The minimum absolute atomic E-state index is 0.401. The third-order valence-corrected chi connectivity index (χ3v) is 3.38. The molecule has 5 nitrogen and oxygen atoms in total. The summed E-state index contributed by atoms with van der Waals surface area (Å²) in [7, 11) is 0. The number of hydrogen-bond acceptors (Lipinski definition) is 5. The number of nitrogens with one attached hydrogen (secondary N) is 1. The molecule has 1 heterocycles. The molecule has 0 spiro atoms. The maximum Gasteiger partial charge on any atom is 0.134 e. The average Bonchev–Trinajstić information content (AvgIpc) is 2.31. The first-order valence-electron chi connectivity index (χ1n) is 6.65. The molecular weight excluding hydrogens is 228 g/mol. The topological polar surface area (TPSA) is 73.1 Å². The van der Waals surface area contributed by atoms with Gasteiger partial charge in [0.05, 0.1) is 6.10 Å². The van der Waals surface area contributed by atoms with Crippen molar-refractivity contribution in [3.63, 3.8) is 0 Å². The summed E-state index contributed by atoms with van der Waals surface area (Å²) in [5, 5.41) is 3.44. The quantitative estimate of drug-likeness (QED) is 0.835. The molecule has 0 unspecified atom stereocenters. The standard InChI is InChI=1S/C13H22N4O/c1-4-11-16-12(14)8(3)13(17-11)15-9-6-10(7-9)18-5-2/h9-10H,4-7H2,1-3H3,(H3,14,15,16,17). The maximum absolute atomic E-state index is 5.89. The molecule has 1 saturated carbocycles. The lowest BCUT2D eigenvalue weighted by atomic mass is 9.89. The van der Waals surface area contributed by atoms with Crippen LogP contribution in [-0.4, -0.2) is 28.7 Å². The van der Waals surface area contributed by atoms with Gasteiger partial charge in [0.1, 0.15) is 17.5 Å². The molecule has 1 aromatic rings. The van der Waals surface area contributed by atoms with Crippen molar-refractivity contribution in [2.75, 3.05) is 17.7 Å². The van der Waals surface area contributed by atoms with Crippen LogP contribution in [-0.2, 0) is 11.2 Å². The molecule has 5 heteroatoms. The van der Waals surface area contributed by atoms with E-state index in [-0.39, 0.29) is 0 Å². The van der Waals surface area contributed by atoms with Crippen LogP contribution in [0.4, 0.5) is 11.6 Å². The fraction of sp³-hybridized carbons (Fsp3) is 0.692. The summed E-state index contributed by atoms with van der Waals surface area (Å²) in [6.07, 6.45) is 3.28. The summed E-state index contributed by atoms with van der Waals surface area (Å²) in [5.41, 5.74) is 6.83. The normalized spacial score (nSPS) is 22.6. The SMILES string of the molecule is CCOC1CC(Nc2nc(CC)nc(N)c2C)C1. The van der Waals surface area contributed by atoms with Crippen molar-refractivity contribution in [3.8, 4) is 0 Å². The summed E-state index contributed by atoms with van der Waals surface area (Å²) < 4.78 is 5.55. The van der Waals surface area contributed by atoms with Gasteiger partial charge in [0.15, 0.2) is 0 Å². The minimum atomic E-state index is 0.401. The monoisotopic (exact) mass is 250 g/mol. The molecule has 0 aromatic carbocycles. The van der Waals surface area contributed by atoms with Gasteiger partial charge in [-0.3, -0.25) is 0 Å². The fourth-order valence-electron chi connectivity index (χ4n) is 2.13. The van der Waals surface area contributed by atoms with E-state index in [4.69, 9.17) is 10.5 Å². The summed E-state index contributed by atoms with van der Waals surface area (Å²) in [4.78, 5) is 8.75. The van der Waals surface area contributed by atoms with Crippen LogP contribution in [0.2, 0.25) is 0 Å². The lowest BCUT2D eigenvalue weighted by molar-refractivity contribution is 0.00291. The van der Waals surface area contributed by atoms with E-state index in [1.54, 1.807) is 0 Å². The van der Waals surface area contributed by atoms with Gasteiger partial charge in [-0.15, -0.1) is 0 Å². The van der Waals surface area contributed by atoms with Crippen molar-refractivity contribution in [2.45, 2.75) is 52.2 Å². The first-order chi connectivity index (χ1) is 8.63. The van der Waals surface area contributed by atoms with Crippen molar-refractivity contribution >= 4 is 11.6 Å². The van der Waals surface area contributed by atoms with Crippen LogP contribution in [0.5, 0.6) is 0 Å². The molecule has 1 fully saturated rings. The molecule has 100 valence electrons. The van der Waals surface area contributed by atoms with Gasteiger partial charge in [0.25, 0.3) is 0 Å². The number of anilines is 2. The molecule has 0 saturated heterocycles. The smallest absolute Gasteiger partial charge is 0.134 e. The van der Waals surface area contributed by atoms with Crippen molar-refractivity contribution in [3.05, 3.63) is 11.4 Å². The summed E-state index contributed by atoms with van der Waals surface area (Å²) in [6, 6.07) is 0.444. The molecule has 0 radical (unpaired) electrons. The molecule has 18 heavy (non-hydrogen) atoms. The number of nitrogen functional groups attached to an aromatic ring is 1. The second kappa shape index (κ2) is 5.52. The van der Waals surface area contributed by atoms with Gasteiger partial charge in [-0.1, -0.05) is 6.92 Å². The third kappa shape index (κ3) is 2.72. The Balaban J connectivity index is 1.99. The van der Waals surface area contributed by atoms with Gasteiger partial charge in [-0.2, -0.15) is 0 Å². The Morgan fingerprint density at radius 3 is 2.67 bits per heavy atom. The predicted molar refractivity (Wildman–Crippen MR) is 72.6 cm³/mol. The lowest BCUT2D eigenvalue weighted by Gasteiger charge is -2.36. The van der Waals surface area contributed by atoms with Gasteiger partial charge in [-0.05, 0) is 26.7 Å². The highest BCUT2D eigenvalue weighted by atomic mass is 16.5. The molecule has 3 N–H and O–H groups in total. The number of aryl methyl sites for hydroxylation is 1. The molecule has 1 aliphatic rings.